The van der Waals surface area contributed by atoms with Gasteiger partial charge in [0.1, 0.15) is 5.82 Å². The molecule has 0 bridgehead atoms. The number of pyridine rings is 1. The number of aromatic nitrogens is 1. The second-order valence-corrected chi connectivity index (χ2v) is 11.0. The van der Waals surface area contributed by atoms with E-state index in [4.69, 9.17) is 0 Å². The van der Waals surface area contributed by atoms with Gasteiger partial charge in [0.2, 0.25) is 21.8 Å². The molecule has 1 N–H and O–H groups in total. The summed E-state index contributed by atoms with van der Waals surface area (Å²) in [7, 11) is -2.11. The molecule has 0 unspecified atom stereocenters. The molecule has 2 aromatic rings. The smallest absolute Gasteiger partial charge is 0.243 e. The number of amides is 2. The Hall–Kier alpha value is -2.78. The molecule has 1 aromatic heterocycles. The first-order chi connectivity index (χ1) is 15.0. The lowest BCUT2D eigenvalue weighted by Gasteiger charge is -2.31. The van der Waals surface area contributed by atoms with E-state index in [9.17, 15) is 18.0 Å². The summed E-state index contributed by atoms with van der Waals surface area (Å²) in [4.78, 5) is 31.2. The summed E-state index contributed by atoms with van der Waals surface area (Å²) in [6.45, 7) is 5.98. The van der Waals surface area contributed by atoms with Crippen molar-refractivity contribution in [3.63, 3.8) is 0 Å². The minimum absolute atomic E-state index is 0.0680. The molecular weight excluding hydrogens is 428 g/mol. The number of sulfonamides is 1. The first-order valence-corrected chi connectivity index (χ1v) is 12.1. The molecule has 2 aliphatic heterocycles. The molecule has 1 fully saturated rings. The number of hydrogen-bond acceptors (Lipinski definition) is 5. The van der Waals surface area contributed by atoms with Crippen LogP contribution in [0.5, 0.6) is 0 Å². The largest absolute Gasteiger partial charge is 0.314 e. The molecule has 2 aliphatic rings. The van der Waals surface area contributed by atoms with Crippen molar-refractivity contribution in [3.05, 3.63) is 47.7 Å². The van der Waals surface area contributed by atoms with Crippen LogP contribution < -0.4 is 10.2 Å². The number of benzene rings is 1. The van der Waals surface area contributed by atoms with Crippen LogP contribution in [0.25, 0.3) is 0 Å². The normalized spacial score (nSPS) is 20.8. The fourth-order valence-electron chi connectivity index (χ4n) is 4.47. The number of likely N-dealkylation sites (N-methyl/N-ethyl adjacent to an activating group) is 1. The number of piperidine rings is 1. The summed E-state index contributed by atoms with van der Waals surface area (Å²) in [5, 5.41) is 2.80. The maximum Gasteiger partial charge on any atom is 0.243 e. The Morgan fingerprint density at radius 1 is 1.22 bits per heavy atom. The molecule has 1 saturated heterocycles. The zero-order chi connectivity index (χ0) is 23.3. The molecule has 8 nitrogen and oxygen atoms in total. The number of nitrogens with zero attached hydrogens (tertiary/aromatic N) is 3. The standard InChI is InChI=1S/C23H28N4O4S/c1-15-9-10-24-20(12-15)25-21(28)16-6-5-11-27(14-16)32(30,31)17-7-8-19-18(13-17)23(2,3)22(29)26(19)4/h7-10,12-13,16H,5-6,11,14H2,1-4H3,(H,24,25,28)/t16-/m0/s1. The number of fused-ring (bicyclic) bond motifs is 1. The lowest BCUT2D eigenvalue weighted by Crippen LogP contribution is -2.43. The maximum atomic E-state index is 13.4. The molecule has 4 rings (SSSR count). The van der Waals surface area contributed by atoms with Crippen molar-refractivity contribution < 1.29 is 18.0 Å². The average molecular weight is 457 g/mol. The van der Waals surface area contributed by atoms with Crippen molar-refractivity contribution in [2.45, 2.75) is 43.9 Å². The second-order valence-electron chi connectivity index (χ2n) is 9.08. The summed E-state index contributed by atoms with van der Waals surface area (Å²) in [5.41, 5.74) is 1.61. The first kappa shape index (κ1) is 22.4. The van der Waals surface area contributed by atoms with Gasteiger partial charge >= 0.3 is 0 Å². The van der Waals surface area contributed by atoms with Crippen molar-refractivity contribution in [1.82, 2.24) is 9.29 Å². The Labute approximate surface area is 188 Å². The Morgan fingerprint density at radius 3 is 2.69 bits per heavy atom. The molecule has 0 saturated carbocycles. The lowest BCUT2D eigenvalue weighted by molar-refractivity contribution is -0.122. The van der Waals surface area contributed by atoms with Gasteiger partial charge < -0.3 is 10.2 Å². The van der Waals surface area contributed by atoms with Crippen LogP contribution in [-0.2, 0) is 25.0 Å². The molecule has 1 aromatic carbocycles. The highest BCUT2D eigenvalue weighted by atomic mass is 32.2. The SMILES string of the molecule is Cc1ccnc(NC(=O)[C@H]2CCCN(S(=O)(=O)c3ccc4c(c3)C(C)(C)C(=O)N4C)C2)c1. The third-order valence-electron chi connectivity index (χ3n) is 6.40. The molecule has 3 heterocycles. The minimum Gasteiger partial charge on any atom is -0.314 e. The number of nitrogens with one attached hydrogen (secondary N) is 1. The van der Waals surface area contributed by atoms with Gasteiger partial charge in [0.25, 0.3) is 0 Å². The van der Waals surface area contributed by atoms with Crippen molar-refractivity contribution in [2.75, 3.05) is 30.4 Å². The highest BCUT2D eigenvalue weighted by Crippen LogP contribution is 2.42. The van der Waals surface area contributed by atoms with E-state index in [1.807, 2.05) is 13.0 Å². The molecular formula is C23H28N4O4S. The first-order valence-electron chi connectivity index (χ1n) is 10.7. The molecule has 9 heteroatoms. The number of rotatable bonds is 4. The molecule has 0 spiro atoms. The van der Waals surface area contributed by atoms with Crippen LogP contribution in [0.15, 0.2) is 41.4 Å². The van der Waals surface area contributed by atoms with Crippen molar-refractivity contribution in [1.29, 1.82) is 0 Å². The van der Waals surface area contributed by atoms with Crippen LogP contribution in [0.3, 0.4) is 0 Å². The van der Waals surface area contributed by atoms with Gasteiger partial charge in [-0.15, -0.1) is 0 Å². The highest BCUT2D eigenvalue weighted by molar-refractivity contribution is 7.89. The highest BCUT2D eigenvalue weighted by Gasteiger charge is 2.43. The Kier molecular flexibility index (Phi) is 5.58. The Morgan fingerprint density at radius 2 is 1.97 bits per heavy atom. The van der Waals surface area contributed by atoms with Crippen LogP contribution in [0, 0.1) is 12.8 Å². The fourth-order valence-corrected chi connectivity index (χ4v) is 6.02. The average Bonchev–Trinajstić information content (AvgIpc) is 2.94. The van der Waals surface area contributed by atoms with E-state index in [0.717, 1.165) is 11.3 Å². The zero-order valence-corrected chi connectivity index (χ0v) is 19.6. The van der Waals surface area contributed by atoms with Crippen LogP contribution in [0.4, 0.5) is 11.5 Å². The number of hydrogen-bond donors (Lipinski definition) is 1. The van der Waals surface area contributed by atoms with Gasteiger partial charge in [0.05, 0.1) is 16.2 Å². The van der Waals surface area contributed by atoms with E-state index in [1.165, 1.54) is 4.31 Å². The third-order valence-corrected chi connectivity index (χ3v) is 8.26. The van der Waals surface area contributed by atoms with Gasteiger partial charge in [0.15, 0.2) is 0 Å². The Balaban J connectivity index is 1.55. The van der Waals surface area contributed by atoms with E-state index in [-0.39, 0.29) is 23.3 Å². The van der Waals surface area contributed by atoms with Gasteiger partial charge in [0, 0.05) is 32.0 Å². The molecule has 32 heavy (non-hydrogen) atoms. The van der Waals surface area contributed by atoms with Crippen LogP contribution in [0.1, 0.15) is 37.8 Å². The van der Waals surface area contributed by atoms with E-state index in [1.54, 1.807) is 56.3 Å². The summed E-state index contributed by atoms with van der Waals surface area (Å²) < 4.78 is 28.2. The topological polar surface area (TPSA) is 99.7 Å². The predicted octanol–water partition coefficient (Wildman–Crippen LogP) is 2.68. The summed E-state index contributed by atoms with van der Waals surface area (Å²) >= 11 is 0. The molecule has 0 aliphatic carbocycles. The van der Waals surface area contributed by atoms with E-state index >= 15 is 0 Å². The number of aryl methyl sites for hydroxylation is 1. The minimum atomic E-state index is -3.81. The Bertz CT molecular complexity index is 1190. The predicted molar refractivity (Wildman–Crippen MR) is 122 cm³/mol. The van der Waals surface area contributed by atoms with Crippen molar-refractivity contribution in [2.24, 2.45) is 5.92 Å². The van der Waals surface area contributed by atoms with E-state index < -0.39 is 21.4 Å². The molecule has 170 valence electrons. The number of carbonyl (C=O) groups excluding carboxylic acids is 2. The lowest BCUT2D eigenvalue weighted by atomic mass is 9.86. The third kappa shape index (κ3) is 3.80. The van der Waals surface area contributed by atoms with Gasteiger partial charge in [-0.1, -0.05) is 0 Å². The summed E-state index contributed by atoms with van der Waals surface area (Å²) in [6, 6.07) is 8.45. The molecule has 0 radical (unpaired) electrons. The number of carbonyl (C=O) groups is 2. The molecule has 2 amide bonds. The van der Waals surface area contributed by atoms with Crippen LogP contribution in [0.2, 0.25) is 0 Å². The van der Waals surface area contributed by atoms with E-state index in [0.29, 0.717) is 30.8 Å². The van der Waals surface area contributed by atoms with Gasteiger partial charge in [-0.3, -0.25) is 9.59 Å². The van der Waals surface area contributed by atoms with Gasteiger partial charge in [-0.25, -0.2) is 13.4 Å². The number of anilines is 2. The zero-order valence-electron chi connectivity index (χ0n) is 18.8. The van der Waals surface area contributed by atoms with Crippen LogP contribution >= 0.6 is 0 Å². The van der Waals surface area contributed by atoms with Gasteiger partial charge in [-0.2, -0.15) is 4.31 Å². The quantitative estimate of drug-likeness (QED) is 0.763. The second kappa shape index (κ2) is 7.97. The summed E-state index contributed by atoms with van der Waals surface area (Å²) in [5.74, 6) is -0.296. The van der Waals surface area contributed by atoms with Gasteiger partial charge in [-0.05, 0) is 75.1 Å². The monoisotopic (exact) mass is 456 g/mol. The maximum absolute atomic E-state index is 13.4. The van der Waals surface area contributed by atoms with Crippen molar-refractivity contribution >= 4 is 33.3 Å². The fraction of sp³-hybridized carbons (Fsp3) is 0.435. The van der Waals surface area contributed by atoms with Crippen LogP contribution in [-0.4, -0.2) is 49.7 Å². The van der Waals surface area contributed by atoms with Crippen molar-refractivity contribution in [3.8, 4) is 0 Å². The summed E-state index contributed by atoms with van der Waals surface area (Å²) in [6.07, 6.45) is 2.83. The van der Waals surface area contributed by atoms with E-state index in [2.05, 4.69) is 10.3 Å². The molecule has 1 atom stereocenters.